The van der Waals surface area contributed by atoms with Crippen molar-refractivity contribution in [1.82, 2.24) is 4.98 Å². The molecule has 17 heavy (non-hydrogen) atoms. The minimum atomic E-state index is -0.0816. The van der Waals surface area contributed by atoms with Gasteiger partial charge in [0.2, 0.25) is 0 Å². The smallest absolute Gasteiger partial charge is 0.128 e. The summed E-state index contributed by atoms with van der Waals surface area (Å²) in [6.07, 6.45) is 3.60. The molecule has 3 N–H and O–H groups in total. The maximum atomic E-state index is 9.25. The van der Waals surface area contributed by atoms with Crippen LogP contribution in [0.4, 0.5) is 5.82 Å². The Labute approximate surface area is 102 Å². The van der Waals surface area contributed by atoms with Crippen LogP contribution in [0, 0.1) is 5.92 Å². The van der Waals surface area contributed by atoms with Crippen molar-refractivity contribution in [1.29, 1.82) is 0 Å². The van der Waals surface area contributed by atoms with Crippen molar-refractivity contribution >= 4 is 5.82 Å². The molecule has 0 aromatic carbocycles. The van der Waals surface area contributed by atoms with Crippen LogP contribution in [-0.4, -0.2) is 29.8 Å². The second-order valence-electron chi connectivity index (χ2n) is 5.11. The average molecular weight is 235 g/mol. The lowest BCUT2D eigenvalue weighted by Crippen LogP contribution is -2.37. The third-order valence-corrected chi connectivity index (χ3v) is 3.43. The van der Waals surface area contributed by atoms with Crippen LogP contribution in [0.3, 0.4) is 0 Å². The van der Waals surface area contributed by atoms with E-state index in [1.807, 2.05) is 32.3 Å². The monoisotopic (exact) mass is 235 g/mol. The van der Waals surface area contributed by atoms with Gasteiger partial charge in [0.1, 0.15) is 5.82 Å². The quantitative estimate of drug-likeness (QED) is 0.826. The number of hydrogen-bond acceptors (Lipinski definition) is 4. The number of nitrogens with two attached hydrogens (primary N) is 1. The highest BCUT2D eigenvalue weighted by Crippen LogP contribution is 2.28. The van der Waals surface area contributed by atoms with Crippen LogP contribution in [-0.2, 0) is 0 Å². The van der Waals surface area contributed by atoms with Gasteiger partial charge in [-0.3, -0.25) is 0 Å². The largest absolute Gasteiger partial charge is 0.393 e. The molecule has 0 aliphatic heterocycles. The molecule has 1 atom stereocenters. The highest BCUT2D eigenvalue weighted by atomic mass is 16.3. The first-order valence-electron chi connectivity index (χ1n) is 6.17. The van der Waals surface area contributed by atoms with Crippen LogP contribution < -0.4 is 10.6 Å². The molecule has 1 heterocycles. The maximum absolute atomic E-state index is 9.25. The molecule has 0 radical (unpaired) electrons. The van der Waals surface area contributed by atoms with E-state index in [0.717, 1.165) is 30.8 Å². The first-order chi connectivity index (χ1) is 8.06. The highest BCUT2D eigenvalue weighted by Gasteiger charge is 2.28. The molecule has 1 aromatic heterocycles. The van der Waals surface area contributed by atoms with Gasteiger partial charge in [-0.15, -0.1) is 0 Å². The zero-order valence-corrected chi connectivity index (χ0v) is 10.5. The second-order valence-corrected chi connectivity index (χ2v) is 5.11. The van der Waals surface area contributed by atoms with Gasteiger partial charge in [0.25, 0.3) is 0 Å². The van der Waals surface area contributed by atoms with Crippen molar-refractivity contribution in [2.75, 3.05) is 18.5 Å². The predicted octanol–water partition coefficient (Wildman–Crippen LogP) is 1.31. The number of aliphatic hydroxyl groups excluding tert-OH is 1. The second kappa shape index (κ2) is 5.02. The molecule has 0 bridgehead atoms. The maximum Gasteiger partial charge on any atom is 0.128 e. The zero-order chi connectivity index (χ0) is 12.4. The fourth-order valence-electron chi connectivity index (χ4n) is 2.22. The average Bonchev–Trinajstić information content (AvgIpc) is 2.27. The molecule has 1 saturated carbocycles. The number of hydrogen-bond donors (Lipinski definition) is 2. The molecule has 0 unspecified atom stereocenters. The van der Waals surface area contributed by atoms with E-state index in [9.17, 15) is 5.11 Å². The normalized spacial score (nSPS) is 25.2. The number of nitrogens with zero attached hydrogens (tertiary/aromatic N) is 2. The fourth-order valence-corrected chi connectivity index (χ4v) is 2.22. The van der Waals surface area contributed by atoms with Gasteiger partial charge in [0.05, 0.1) is 6.10 Å². The highest BCUT2D eigenvalue weighted by molar-refractivity contribution is 5.38. The molecule has 1 aromatic rings. The Morgan fingerprint density at radius 3 is 2.71 bits per heavy atom. The van der Waals surface area contributed by atoms with E-state index < -0.39 is 0 Å². The summed E-state index contributed by atoms with van der Waals surface area (Å²) in [7, 11) is 2.04. The van der Waals surface area contributed by atoms with Gasteiger partial charge in [-0.05, 0) is 37.3 Å². The summed E-state index contributed by atoms with van der Waals surface area (Å²) in [4.78, 5) is 6.55. The minimum Gasteiger partial charge on any atom is -0.393 e. The molecular weight excluding hydrogens is 214 g/mol. The molecule has 4 heteroatoms. The van der Waals surface area contributed by atoms with Gasteiger partial charge in [0, 0.05) is 25.8 Å². The van der Waals surface area contributed by atoms with Gasteiger partial charge in [0.15, 0.2) is 0 Å². The van der Waals surface area contributed by atoms with E-state index in [2.05, 4.69) is 9.88 Å². The molecule has 0 amide bonds. The lowest BCUT2D eigenvalue weighted by atomic mass is 9.82. The van der Waals surface area contributed by atoms with Crippen molar-refractivity contribution < 1.29 is 5.11 Å². The van der Waals surface area contributed by atoms with Crippen molar-refractivity contribution in [2.24, 2.45) is 11.7 Å². The molecule has 0 spiro atoms. The summed E-state index contributed by atoms with van der Waals surface area (Å²) in [5.41, 5.74) is 6.84. The van der Waals surface area contributed by atoms with Crippen LogP contribution >= 0.6 is 0 Å². The molecule has 1 fully saturated rings. The summed E-state index contributed by atoms with van der Waals surface area (Å²) in [6.45, 7) is 2.91. The predicted molar refractivity (Wildman–Crippen MR) is 68.8 cm³/mol. The van der Waals surface area contributed by atoms with Crippen LogP contribution in [0.25, 0.3) is 0 Å². The van der Waals surface area contributed by atoms with Crippen LogP contribution in [0.5, 0.6) is 0 Å². The van der Waals surface area contributed by atoms with E-state index in [4.69, 9.17) is 5.73 Å². The molecule has 94 valence electrons. The Morgan fingerprint density at radius 2 is 2.24 bits per heavy atom. The third kappa shape index (κ3) is 2.96. The van der Waals surface area contributed by atoms with E-state index in [-0.39, 0.29) is 12.1 Å². The van der Waals surface area contributed by atoms with E-state index in [1.54, 1.807) is 0 Å². The van der Waals surface area contributed by atoms with E-state index in [1.165, 1.54) is 0 Å². The van der Waals surface area contributed by atoms with Crippen molar-refractivity contribution in [3.05, 3.63) is 23.9 Å². The molecule has 2 rings (SSSR count). The Morgan fingerprint density at radius 1 is 1.53 bits per heavy atom. The number of aromatic nitrogens is 1. The Kier molecular flexibility index (Phi) is 3.64. The summed E-state index contributed by atoms with van der Waals surface area (Å²) in [6, 6.07) is 4.07. The Bertz CT molecular complexity index is 357. The number of pyridine rings is 1. The van der Waals surface area contributed by atoms with Gasteiger partial charge in [-0.2, -0.15) is 0 Å². The molecule has 1 aliphatic rings. The van der Waals surface area contributed by atoms with Crippen molar-refractivity contribution in [3.8, 4) is 0 Å². The van der Waals surface area contributed by atoms with Crippen LogP contribution in [0.15, 0.2) is 18.3 Å². The summed E-state index contributed by atoms with van der Waals surface area (Å²) in [5.74, 6) is 1.57. The summed E-state index contributed by atoms with van der Waals surface area (Å²) < 4.78 is 0. The van der Waals surface area contributed by atoms with Gasteiger partial charge >= 0.3 is 0 Å². The number of rotatable bonds is 4. The van der Waals surface area contributed by atoms with E-state index >= 15 is 0 Å². The van der Waals surface area contributed by atoms with Crippen LogP contribution in [0.2, 0.25) is 0 Å². The fraction of sp³-hybridized carbons (Fsp3) is 0.615. The molecule has 1 aliphatic carbocycles. The SMILES string of the molecule is C[C@@H](N)c1ccc(N(C)CC2CC(O)C2)nc1. The molecule has 0 saturated heterocycles. The number of aliphatic hydroxyl groups is 1. The van der Waals surface area contributed by atoms with Crippen molar-refractivity contribution in [2.45, 2.75) is 31.9 Å². The first-order valence-corrected chi connectivity index (χ1v) is 6.17. The molecular formula is C13H21N3O. The molecule has 4 nitrogen and oxygen atoms in total. The van der Waals surface area contributed by atoms with Gasteiger partial charge in [-0.25, -0.2) is 4.98 Å². The standard InChI is InChI=1S/C13H21N3O/c1-9(14)11-3-4-13(15-7-11)16(2)8-10-5-12(17)6-10/h3-4,7,9-10,12,17H,5-6,8,14H2,1-2H3/t9-,10?,12?/m1/s1. The summed E-state index contributed by atoms with van der Waals surface area (Å²) >= 11 is 0. The zero-order valence-electron chi connectivity index (χ0n) is 10.5. The third-order valence-electron chi connectivity index (χ3n) is 3.43. The van der Waals surface area contributed by atoms with Crippen LogP contribution in [0.1, 0.15) is 31.4 Å². The minimum absolute atomic E-state index is 0.0311. The number of anilines is 1. The van der Waals surface area contributed by atoms with Gasteiger partial charge in [-0.1, -0.05) is 6.07 Å². The van der Waals surface area contributed by atoms with E-state index in [0.29, 0.717) is 5.92 Å². The van der Waals surface area contributed by atoms with Crippen molar-refractivity contribution in [3.63, 3.8) is 0 Å². The lowest BCUT2D eigenvalue weighted by Gasteiger charge is -2.34. The lowest BCUT2D eigenvalue weighted by molar-refractivity contribution is 0.0464. The Hall–Kier alpha value is -1.13. The van der Waals surface area contributed by atoms with Gasteiger partial charge < -0.3 is 15.7 Å². The first kappa shape index (κ1) is 12.3. The summed E-state index contributed by atoms with van der Waals surface area (Å²) in [5, 5.41) is 9.25. The topological polar surface area (TPSA) is 62.4 Å². The Balaban J connectivity index is 1.92.